The van der Waals surface area contributed by atoms with Crippen LogP contribution in [0.1, 0.15) is 18.4 Å². The van der Waals surface area contributed by atoms with Gasteiger partial charge in [0.2, 0.25) is 11.7 Å². The van der Waals surface area contributed by atoms with Gasteiger partial charge < -0.3 is 29.7 Å². The van der Waals surface area contributed by atoms with Gasteiger partial charge in [0, 0.05) is 25.3 Å². The van der Waals surface area contributed by atoms with Crippen LogP contribution in [-0.2, 0) is 11.3 Å². The predicted octanol–water partition coefficient (Wildman–Crippen LogP) is 3.27. The largest absolute Gasteiger partial charge is 0.493 e. The van der Waals surface area contributed by atoms with E-state index in [9.17, 15) is 9.59 Å². The molecule has 2 aromatic carbocycles. The summed E-state index contributed by atoms with van der Waals surface area (Å²) in [6, 6.07) is 12.7. The number of urea groups is 1. The van der Waals surface area contributed by atoms with Gasteiger partial charge in [-0.3, -0.25) is 4.79 Å². The summed E-state index contributed by atoms with van der Waals surface area (Å²) in [5.74, 6) is 1.25. The summed E-state index contributed by atoms with van der Waals surface area (Å²) in [6.45, 7) is 1.34. The molecule has 1 aliphatic rings. The molecule has 0 saturated carbocycles. The number of carbonyl (C=O) groups excluding carboxylic acids is 2. The summed E-state index contributed by atoms with van der Waals surface area (Å²) < 4.78 is 16.1. The molecule has 8 nitrogen and oxygen atoms in total. The molecule has 166 valence electrons. The first-order valence-electron chi connectivity index (χ1n) is 10.2. The molecule has 1 saturated heterocycles. The van der Waals surface area contributed by atoms with Crippen LogP contribution in [0.4, 0.5) is 10.5 Å². The number of carbonyl (C=O) groups is 2. The van der Waals surface area contributed by atoms with Crippen LogP contribution in [0.15, 0.2) is 42.5 Å². The number of methoxy groups -OCH3 is 3. The van der Waals surface area contributed by atoms with Crippen LogP contribution >= 0.6 is 0 Å². The lowest BCUT2D eigenvalue weighted by Gasteiger charge is -2.32. The van der Waals surface area contributed by atoms with Crippen molar-refractivity contribution in [3.8, 4) is 17.2 Å². The number of piperidine rings is 1. The highest BCUT2D eigenvalue weighted by atomic mass is 16.5. The zero-order valence-electron chi connectivity index (χ0n) is 18.1. The number of hydrogen-bond acceptors (Lipinski definition) is 5. The van der Waals surface area contributed by atoms with Gasteiger partial charge in [0.15, 0.2) is 11.5 Å². The van der Waals surface area contributed by atoms with Gasteiger partial charge in [0.05, 0.1) is 27.2 Å². The van der Waals surface area contributed by atoms with Crippen LogP contribution in [-0.4, -0.2) is 51.3 Å². The minimum Gasteiger partial charge on any atom is -0.493 e. The first-order valence-corrected chi connectivity index (χ1v) is 10.2. The molecule has 2 aromatic rings. The SMILES string of the molecule is COc1cc(CNC(=O)[C@H]2CCCN(C(=O)Nc3ccccc3)C2)cc(OC)c1OC. The Kier molecular flexibility index (Phi) is 7.59. The van der Waals surface area contributed by atoms with E-state index in [0.717, 1.165) is 24.1 Å². The average Bonchev–Trinajstić information content (AvgIpc) is 2.82. The van der Waals surface area contributed by atoms with Crippen molar-refractivity contribution in [2.45, 2.75) is 19.4 Å². The van der Waals surface area contributed by atoms with Crippen molar-refractivity contribution >= 4 is 17.6 Å². The van der Waals surface area contributed by atoms with Crippen LogP contribution in [0.5, 0.6) is 17.2 Å². The maximum Gasteiger partial charge on any atom is 0.321 e. The normalized spacial score (nSPS) is 15.7. The third kappa shape index (κ3) is 5.59. The Bertz CT molecular complexity index is 878. The zero-order chi connectivity index (χ0) is 22.2. The van der Waals surface area contributed by atoms with Crippen molar-refractivity contribution in [1.29, 1.82) is 0 Å². The maximum absolute atomic E-state index is 12.8. The summed E-state index contributed by atoms with van der Waals surface area (Å²) in [5, 5.41) is 5.85. The Labute approximate surface area is 182 Å². The van der Waals surface area contributed by atoms with Crippen LogP contribution in [0.25, 0.3) is 0 Å². The van der Waals surface area contributed by atoms with Gasteiger partial charge >= 0.3 is 6.03 Å². The van der Waals surface area contributed by atoms with Crippen molar-refractivity contribution < 1.29 is 23.8 Å². The highest BCUT2D eigenvalue weighted by molar-refractivity contribution is 5.90. The van der Waals surface area contributed by atoms with Gasteiger partial charge in [-0.1, -0.05) is 18.2 Å². The molecule has 1 aliphatic heterocycles. The van der Waals surface area contributed by atoms with E-state index in [2.05, 4.69) is 10.6 Å². The quantitative estimate of drug-likeness (QED) is 0.708. The lowest BCUT2D eigenvalue weighted by atomic mass is 9.97. The van der Waals surface area contributed by atoms with Gasteiger partial charge in [-0.15, -0.1) is 0 Å². The number of amides is 3. The molecular formula is C23H29N3O5. The average molecular weight is 428 g/mol. The van der Waals surface area contributed by atoms with E-state index in [1.165, 1.54) is 0 Å². The first kappa shape index (κ1) is 22.3. The lowest BCUT2D eigenvalue weighted by Crippen LogP contribution is -2.46. The highest BCUT2D eigenvalue weighted by Crippen LogP contribution is 2.38. The smallest absolute Gasteiger partial charge is 0.321 e. The first-order chi connectivity index (χ1) is 15.0. The monoisotopic (exact) mass is 427 g/mol. The molecule has 1 atom stereocenters. The molecule has 1 heterocycles. The van der Waals surface area contributed by atoms with Gasteiger partial charge in [0.1, 0.15) is 0 Å². The van der Waals surface area contributed by atoms with Crippen LogP contribution < -0.4 is 24.8 Å². The molecule has 8 heteroatoms. The van der Waals surface area contributed by atoms with E-state index in [0.29, 0.717) is 36.9 Å². The molecule has 0 bridgehead atoms. The number of para-hydroxylation sites is 1. The lowest BCUT2D eigenvalue weighted by molar-refractivity contribution is -0.126. The van der Waals surface area contributed by atoms with E-state index in [4.69, 9.17) is 14.2 Å². The highest BCUT2D eigenvalue weighted by Gasteiger charge is 2.28. The molecule has 1 fully saturated rings. The van der Waals surface area contributed by atoms with Gasteiger partial charge in [0.25, 0.3) is 0 Å². The Balaban J connectivity index is 1.58. The third-order valence-corrected chi connectivity index (χ3v) is 5.30. The fourth-order valence-corrected chi connectivity index (χ4v) is 3.67. The van der Waals surface area contributed by atoms with Crippen molar-refractivity contribution in [3.63, 3.8) is 0 Å². The number of anilines is 1. The second kappa shape index (κ2) is 10.6. The molecule has 0 unspecified atom stereocenters. The Morgan fingerprint density at radius 1 is 1.03 bits per heavy atom. The van der Waals surface area contributed by atoms with Crippen molar-refractivity contribution in [2.24, 2.45) is 5.92 Å². The van der Waals surface area contributed by atoms with Gasteiger partial charge in [-0.05, 0) is 42.7 Å². The summed E-state index contributed by atoms with van der Waals surface area (Å²) in [7, 11) is 4.65. The summed E-state index contributed by atoms with van der Waals surface area (Å²) >= 11 is 0. The van der Waals surface area contributed by atoms with E-state index >= 15 is 0 Å². The fourth-order valence-electron chi connectivity index (χ4n) is 3.67. The molecule has 0 aliphatic carbocycles. The summed E-state index contributed by atoms with van der Waals surface area (Å²) in [4.78, 5) is 27.0. The number of rotatable bonds is 7. The van der Waals surface area contributed by atoms with Crippen LogP contribution in [0.3, 0.4) is 0 Å². The molecule has 31 heavy (non-hydrogen) atoms. The summed E-state index contributed by atoms with van der Waals surface area (Å²) in [5.41, 5.74) is 1.57. The van der Waals surface area contributed by atoms with E-state index in [1.807, 2.05) is 42.5 Å². The predicted molar refractivity (Wildman–Crippen MR) is 118 cm³/mol. The van der Waals surface area contributed by atoms with Gasteiger partial charge in [-0.2, -0.15) is 0 Å². The van der Waals surface area contributed by atoms with E-state index in [-0.39, 0.29) is 17.9 Å². The Morgan fingerprint density at radius 2 is 1.71 bits per heavy atom. The van der Waals surface area contributed by atoms with Gasteiger partial charge in [-0.25, -0.2) is 4.79 Å². The number of likely N-dealkylation sites (tertiary alicyclic amines) is 1. The Morgan fingerprint density at radius 3 is 2.32 bits per heavy atom. The number of nitrogens with one attached hydrogen (secondary N) is 2. The third-order valence-electron chi connectivity index (χ3n) is 5.30. The minimum atomic E-state index is -0.252. The topological polar surface area (TPSA) is 89.1 Å². The number of hydrogen-bond donors (Lipinski definition) is 2. The van der Waals surface area contributed by atoms with Crippen molar-refractivity contribution in [1.82, 2.24) is 10.2 Å². The Hall–Kier alpha value is -3.42. The second-order valence-corrected chi connectivity index (χ2v) is 7.33. The van der Waals surface area contributed by atoms with E-state index < -0.39 is 0 Å². The number of ether oxygens (including phenoxy) is 3. The van der Waals surface area contributed by atoms with Crippen LogP contribution in [0, 0.1) is 5.92 Å². The molecule has 0 aromatic heterocycles. The molecular weight excluding hydrogens is 398 g/mol. The second-order valence-electron chi connectivity index (χ2n) is 7.33. The number of nitrogens with zero attached hydrogens (tertiary/aromatic N) is 1. The fraction of sp³-hybridized carbons (Fsp3) is 0.391. The summed E-state index contributed by atoms with van der Waals surface area (Å²) in [6.07, 6.45) is 1.53. The molecule has 0 radical (unpaired) electrons. The number of benzene rings is 2. The minimum absolute atomic E-state index is 0.0778. The standard InChI is InChI=1S/C23H29N3O5/c1-29-19-12-16(13-20(30-2)21(19)31-3)14-24-22(27)17-8-7-11-26(15-17)23(28)25-18-9-5-4-6-10-18/h4-6,9-10,12-13,17H,7-8,11,14-15H2,1-3H3,(H,24,27)(H,25,28)/t17-/m0/s1. The van der Waals surface area contributed by atoms with Crippen molar-refractivity contribution in [3.05, 3.63) is 48.0 Å². The van der Waals surface area contributed by atoms with Crippen LogP contribution in [0.2, 0.25) is 0 Å². The van der Waals surface area contributed by atoms with E-state index in [1.54, 1.807) is 26.2 Å². The molecule has 2 N–H and O–H groups in total. The molecule has 3 rings (SSSR count). The van der Waals surface area contributed by atoms with Crippen molar-refractivity contribution in [2.75, 3.05) is 39.7 Å². The zero-order valence-corrected chi connectivity index (χ0v) is 18.1. The molecule has 0 spiro atoms. The molecule has 3 amide bonds. The maximum atomic E-state index is 12.8.